The average molecular weight is 272 g/mol. The van der Waals surface area contributed by atoms with E-state index in [1.165, 1.54) is 0 Å². The van der Waals surface area contributed by atoms with Crippen LogP contribution in [0.4, 0.5) is 0 Å². The van der Waals surface area contributed by atoms with Gasteiger partial charge in [-0.15, -0.1) is 0 Å². The summed E-state index contributed by atoms with van der Waals surface area (Å²) in [5, 5.41) is 0. The minimum Gasteiger partial charge on any atom is -0.444 e. The summed E-state index contributed by atoms with van der Waals surface area (Å²) in [4.78, 5) is 23.0. The smallest absolute Gasteiger partial charge is 0.385 e. The number of carbonyl (C=O) groups is 2. The highest BCUT2D eigenvalue weighted by Gasteiger charge is 2.60. The Morgan fingerprint density at radius 1 is 0.895 bits per heavy atom. The third-order valence-corrected chi connectivity index (χ3v) is 3.02. The Morgan fingerprint density at radius 2 is 1.26 bits per heavy atom. The molecule has 2 unspecified atom stereocenters. The van der Waals surface area contributed by atoms with Crippen LogP contribution in [0.3, 0.4) is 0 Å². The van der Waals surface area contributed by atoms with Gasteiger partial charge in [-0.1, -0.05) is 0 Å². The second-order valence-corrected chi connectivity index (χ2v) is 4.30. The number of cyclic esters (lactones) is 2. The van der Waals surface area contributed by atoms with Gasteiger partial charge >= 0.3 is 11.9 Å². The van der Waals surface area contributed by atoms with Crippen molar-refractivity contribution < 1.29 is 33.3 Å². The SMILES string of the molecule is CCOC1(C)OC2=C(OC1(C)OCC)C(=O)OC2=O. The Hall–Kier alpha value is -1.60. The monoisotopic (exact) mass is 272 g/mol. The lowest BCUT2D eigenvalue weighted by Gasteiger charge is -2.46. The predicted octanol–water partition coefficient (Wildman–Crippen LogP) is 0.834. The molecule has 2 aliphatic rings. The van der Waals surface area contributed by atoms with E-state index >= 15 is 0 Å². The van der Waals surface area contributed by atoms with Gasteiger partial charge in [0.1, 0.15) is 0 Å². The first-order chi connectivity index (χ1) is 8.87. The third kappa shape index (κ3) is 1.98. The second kappa shape index (κ2) is 4.50. The van der Waals surface area contributed by atoms with Crippen LogP contribution < -0.4 is 0 Å². The van der Waals surface area contributed by atoms with Crippen LogP contribution in [0.15, 0.2) is 11.5 Å². The molecule has 0 aromatic carbocycles. The Labute approximate surface area is 110 Å². The summed E-state index contributed by atoms with van der Waals surface area (Å²) < 4.78 is 26.5. The summed E-state index contributed by atoms with van der Waals surface area (Å²) in [5.41, 5.74) is 0. The normalized spacial score (nSPS) is 33.7. The zero-order valence-electron chi connectivity index (χ0n) is 11.3. The molecule has 106 valence electrons. The van der Waals surface area contributed by atoms with Gasteiger partial charge < -0.3 is 23.7 Å². The van der Waals surface area contributed by atoms with Crippen molar-refractivity contribution in [2.75, 3.05) is 13.2 Å². The van der Waals surface area contributed by atoms with Crippen LogP contribution in [-0.4, -0.2) is 36.7 Å². The maximum atomic E-state index is 11.5. The first-order valence-electron chi connectivity index (χ1n) is 6.03. The molecular weight excluding hydrogens is 256 g/mol. The summed E-state index contributed by atoms with van der Waals surface area (Å²) in [6.07, 6.45) is 0. The minimum atomic E-state index is -1.36. The van der Waals surface area contributed by atoms with Crippen LogP contribution in [-0.2, 0) is 33.3 Å². The molecule has 0 amide bonds. The van der Waals surface area contributed by atoms with E-state index in [1.54, 1.807) is 27.7 Å². The van der Waals surface area contributed by atoms with Gasteiger partial charge in [-0.3, -0.25) is 0 Å². The van der Waals surface area contributed by atoms with E-state index < -0.39 is 23.5 Å². The molecule has 0 bridgehead atoms. The molecule has 7 nitrogen and oxygen atoms in total. The Kier molecular flexibility index (Phi) is 3.27. The minimum absolute atomic E-state index is 0.280. The third-order valence-electron chi connectivity index (χ3n) is 3.02. The Morgan fingerprint density at radius 3 is 1.58 bits per heavy atom. The van der Waals surface area contributed by atoms with E-state index in [1.807, 2.05) is 0 Å². The van der Waals surface area contributed by atoms with Gasteiger partial charge in [-0.2, -0.15) is 0 Å². The van der Waals surface area contributed by atoms with Gasteiger partial charge in [-0.05, 0) is 13.8 Å². The molecule has 2 atom stereocenters. The number of ether oxygens (including phenoxy) is 5. The fourth-order valence-corrected chi connectivity index (χ4v) is 1.99. The number of hydrogen-bond donors (Lipinski definition) is 0. The number of esters is 2. The molecule has 2 aliphatic heterocycles. The molecule has 0 aromatic rings. The first-order valence-corrected chi connectivity index (χ1v) is 6.03. The molecule has 0 spiro atoms. The zero-order valence-corrected chi connectivity index (χ0v) is 11.3. The molecule has 0 fully saturated rings. The summed E-state index contributed by atoms with van der Waals surface area (Å²) in [7, 11) is 0. The number of carbonyl (C=O) groups excluding carboxylic acids is 2. The van der Waals surface area contributed by atoms with Gasteiger partial charge in [0.25, 0.3) is 23.1 Å². The topological polar surface area (TPSA) is 80.3 Å². The zero-order chi connectivity index (χ0) is 14.3. The maximum absolute atomic E-state index is 11.5. The quantitative estimate of drug-likeness (QED) is 0.554. The van der Waals surface area contributed by atoms with E-state index in [-0.39, 0.29) is 11.5 Å². The highest BCUT2D eigenvalue weighted by molar-refractivity contribution is 6.10. The summed E-state index contributed by atoms with van der Waals surface area (Å²) in [6.45, 7) is 7.31. The molecule has 0 radical (unpaired) electrons. The molecule has 0 aromatic heterocycles. The van der Waals surface area contributed by atoms with Crippen LogP contribution >= 0.6 is 0 Å². The fraction of sp³-hybridized carbons (Fsp3) is 0.667. The summed E-state index contributed by atoms with van der Waals surface area (Å²) in [6, 6.07) is 0. The highest BCUT2D eigenvalue weighted by Crippen LogP contribution is 2.43. The van der Waals surface area contributed by atoms with Crippen LogP contribution in [0.25, 0.3) is 0 Å². The summed E-state index contributed by atoms with van der Waals surface area (Å²) in [5.74, 6) is -5.05. The lowest BCUT2D eigenvalue weighted by Crippen LogP contribution is -2.59. The summed E-state index contributed by atoms with van der Waals surface area (Å²) >= 11 is 0. The molecule has 2 heterocycles. The van der Waals surface area contributed by atoms with Crippen LogP contribution in [0.5, 0.6) is 0 Å². The Bertz CT molecular complexity index is 415. The van der Waals surface area contributed by atoms with Gasteiger partial charge in [0.05, 0.1) is 0 Å². The fourth-order valence-electron chi connectivity index (χ4n) is 1.99. The maximum Gasteiger partial charge on any atom is 0.385 e. The van der Waals surface area contributed by atoms with Crippen molar-refractivity contribution in [2.24, 2.45) is 0 Å². The molecule has 0 saturated heterocycles. The van der Waals surface area contributed by atoms with Crippen molar-refractivity contribution in [2.45, 2.75) is 39.3 Å². The first kappa shape index (κ1) is 13.8. The number of hydrogen-bond acceptors (Lipinski definition) is 7. The molecule has 0 aliphatic carbocycles. The highest BCUT2D eigenvalue weighted by atomic mass is 16.8. The van der Waals surface area contributed by atoms with Gasteiger partial charge in [0.2, 0.25) is 0 Å². The van der Waals surface area contributed by atoms with E-state index in [4.69, 9.17) is 18.9 Å². The number of rotatable bonds is 4. The molecule has 2 rings (SSSR count). The molecule has 19 heavy (non-hydrogen) atoms. The van der Waals surface area contributed by atoms with Gasteiger partial charge in [0, 0.05) is 27.1 Å². The molecule has 0 N–H and O–H groups in total. The van der Waals surface area contributed by atoms with E-state index in [0.717, 1.165) is 0 Å². The van der Waals surface area contributed by atoms with Crippen LogP contribution in [0, 0.1) is 0 Å². The Balaban J connectivity index is 2.42. The molecular formula is C12H16O7. The molecule has 0 saturated carbocycles. The van der Waals surface area contributed by atoms with Gasteiger partial charge in [-0.25, -0.2) is 9.59 Å². The molecule has 7 heteroatoms. The van der Waals surface area contributed by atoms with Crippen molar-refractivity contribution in [3.8, 4) is 0 Å². The standard InChI is InChI=1S/C12H16O7/c1-5-15-11(3)12(4,16-6-2)19-8-7(18-11)9(13)17-10(8)14/h5-6H2,1-4H3. The largest absolute Gasteiger partial charge is 0.444 e. The van der Waals surface area contributed by atoms with Crippen molar-refractivity contribution in [1.82, 2.24) is 0 Å². The van der Waals surface area contributed by atoms with Crippen molar-refractivity contribution in [3.63, 3.8) is 0 Å². The van der Waals surface area contributed by atoms with E-state index in [2.05, 4.69) is 4.74 Å². The second-order valence-electron chi connectivity index (χ2n) is 4.30. The van der Waals surface area contributed by atoms with Crippen molar-refractivity contribution in [1.29, 1.82) is 0 Å². The van der Waals surface area contributed by atoms with Crippen LogP contribution in [0.2, 0.25) is 0 Å². The van der Waals surface area contributed by atoms with Crippen LogP contribution in [0.1, 0.15) is 27.7 Å². The van der Waals surface area contributed by atoms with Gasteiger partial charge in [0.15, 0.2) is 0 Å². The lowest BCUT2D eigenvalue weighted by atomic mass is 10.1. The lowest BCUT2D eigenvalue weighted by molar-refractivity contribution is -0.389. The van der Waals surface area contributed by atoms with Crippen molar-refractivity contribution >= 4 is 11.9 Å². The van der Waals surface area contributed by atoms with Crippen molar-refractivity contribution in [3.05, 3.63) is 11.5 Å². The van der Waals surface area contributed by atoms with E-state index in [9.17, 15) is 9.59 Å². The average Bonchev–Trinajstić information content (AvgIpc) is 2.56. The predicted molar refractivity (Wildman–Crippen MR) is 60.4 cm³/mol. The van der Waals surface area contributed by atoms with E-state index in [0.29, 0.717) is 13.2 Å².